The number of amides is 1. The van der Waals surface area contributed by atoms with E-state index < -0.39 is 0 Å². The van der Waals surface area contributed by atoms with Gasteiger partial charge in [-0.2, -0.15) is 0 Å². The second-order valence-electron chi connectivity index (χ2n) is 4.10. The topological polar surface area (TPSA) is 59.8 Å². The molecule has 0 atom stereocenters. The van der Waals surface area contributed by atoms with Crippen LogP contribution in [0.1, 0.15) is 10.4 Å². The molecule has 3 aromatic rings. The van der Waals surface area contributed by atoms with Crippen LogP contribution in [-0.2, 0) is 0 Å². The van der Waals surface area contributed by atoms with Crippen molar-refractivity contribution < 1.29 is 4.79 Å². The van der Waals surface area contributed by atoms with Crippen molar-refractivity contribution >= 4 is 16.8 Å². The minimum Gasteiger partial charge on any atom is -0.355 e. The van der Waals surface area contributed by atoms with Gasteiger partial charge in [0.15, 0.2) is 0 Å². The molecule has 0 saturated heterocycles. The first-order valence-electron chi connectivity index (χ1n) is 5.90. The molecule has 1 amide bonds. The van der Waals surface area contributed by atoms with Crippen LogP contribution in [0.3, 0.4) is 0 Å². The number of carbonyl (C=O) groups is 1. The lowest BCUT2D eigenvalue weighted by molar-refractivity contribution is 0.0962. The molecule has 0 radical (unpaired) electrons. The lowest BCUT2D eigenvalue weighted by Crippen LogP contribution is -2.18. The summed E-state index contributed by atoms with van der Waals surface area (Å²) in [6.07, 6.45) is 4.96. The van der Waals surface area contributed by atoms with Gasteiger partial charge in [-0.25, -0.2) is 9.97 Å². The van der Waals surface area contributed by atoms with Gasteiger partial charge >= 0.3 is 0 Å². The van der Waals surface area contributed by atoms with E-state index in [-0.39, 0.29) is 5.91 Å². The third kappa shape index (κ3) is 1.95. The van der Waals surface area contributed by atoms with Crippen LogP contribution >= 0.6 is 0 Å². The molecule has 1 aromatic carbocycles. The van der Waals surface area contributed by atoms with Crippen molar-refractivity contribution in [2.45, 2.75) is 0 Å². The van der Waals surface area contributed by atoms with Gasteiger partial charge in [0.2, 0.25) is 5.95 Å². The average molecular weight is 252 g/mol. The van der Waals surface area contributed by atoms with Crippen LogP contribution < -0.4 is 5.32 Å². The predicted molar refractivity (Wildman–Crippen MR) is 72.3 cm³/mol. The SMILES string of the molecule is CNC(=O)c1cnc(-n2ccc3ccccc32)nc1. The molecule has 5 nitrogen and oxygen atoms in total. The Morgan fingerprint density at radius 3 is 2.63 bits per heavy atom. The average Bonchev–Trinajstić information content (AvgIpc) is 2.90. The van der Waals surface area contributed by atoms with Crippen LogP contribution in [0.15, 0.2) is 48.9 Å². The summed E-state index contributed by atoms with van der Waals surface area (Å²) in [4.78, 5) is 19.9. The molecule has 0 saturated carbocycles. The monoisotopic (exact) mass is 252 g/mol. The van der Waals surface area contributed by atoms with Gasteiger partial charge in [-0.05, 0) is 12.1 Å². The molecule has 1 N–H and O–H groups in total. The van der Waals surface area contributed by atoms with Crippen molar-refractivity contribution in [2.24, 2.45) is 0 Å². The summed E-state index contributed by atoms with van der Waals surface area (Å²) < 4.78 is 1.89. The van der Waals surface area contributed by atoms with Crippen molar-refractivity contribution in [2.75, 3.05) is 7.05 Å². The molecule has 0 aliphatic rings. The normalized spacial score (nSPS) is 10.6. The number of hydrogen-bond donors (Lipinski definition) is 1. The van der Waals surface area contributed by atoms with E-state index in [0.717, 1.165) is 10.9 Å². The van der Waals surface area contributed by atoms with Gasteiger partial charge < -0.3 is 5.32 Å². The molecule has 0 bridgehead atoms. The van der Waals surface area contributed by atoms with Crippen molar-refractivity contribution in [3.05, 3.63) is 54.5 Å². The highest BCUT2D eigenvalue weighted by Gasteiger charge is 2.07. The second-order valence-corrected chi connectivity index (χ2v) is 4.10. The van der Waals surface area contributed by atoms with Gasteiger partial charge in [-0.3, -0.25) is 9.36 Å². The summed E-state index contributed by atoms with van der Waals surface area (Å²) in [6, 6.07) is 10.0. The number of aromatic nitrogens is 3. The number of para-hydroxylation sites is 1. The maximum absolute atomic E-state index is 11.4. The van der Waals surface area contributed by atoms with Gasteiger partial charge in [0.25, 0.3) is 5.91 Å². The molecule has 94 valence electrons. The minimum atomic E-state index is -0.191. The molecule has 2 heterocycles. The van der Waals surface area contributed by atoms with Crippen molar-refractivity contribution in [1.82, 2.24) is 19.9 Å². The second kappa shape index (κ2) is 4.53. The molecular weight excluding hydrogens is 240 g/mol. The maximum Gasteiger partial charge on any atom is 0.254 e. The van der Waals surface area contributed by atoms with E-state index in [9.17, 15) is 4.79 Å². The fourth-order valence-electron chi connectivity index (χ4n) is 1.96. The number of hydrogen-bond acceptors (Lipinski definition) is 3. The molecule has 0 aliphatic heterocycles. The fourth-order valence-corrected chi connectivity index (χ4v) is 1.96. The first-order chi connectivity index (χ1) is 9.29. The molecule has 3 rings (SSSR count). The van der Waals surface area contributed by atoms with E-state index in [4.69, 9.17) is 0 Å². The van der Waals surface area contributed by atoms with Crippen LogP contribution in [-0.4, -0.2) is 27.5 Å². The number of rotatable bonds is 2. The van der Waals surface area contributed by atoms with E-state index in [2.05, 4.69) is 15.3 Å². The van der Waals surface area contributed by atoms with Crippen molar-refractivity contribution in [3.8, 4) is 5.95 Å². The Balaban J connectivity index is 2.05. The van der Waals surface area contributed by atoms with Gasteiger partial charge in [-0.15, -0.1) is 0 Å². The summed E-state index contributed by atoms with van der Waals surface area (Å²) in [7, 11) is 1.58. The molecule has 0 spiro atoms. The highest BCUT2D eigenvalue weighted by atomic mass is 16.1. The van der Waals surface area contributed by atoms with E-state index in [0.29, 0.717) is 11.5 Å². The first kappa shape index (κ1) is 11.4. The highest BCUT2D eigenvalue weighted by molar-refractivity contribution is 5.93. The highest BCUT2D eigenvalue weighted by Crippen LogP contribution is 2.17. The number of fused-ring (bicyclic) bond motifs is 1. The number of carbonyl (C=O) groups excluding carboxylic acids is 1. The summed E-state index contributed by atoms with van der Waals surface area (Å²) in [5, 5.41) is 3.67. The van der Waals surface area contributed by atoms with Gasteiger partial charge in [0, 0.05) is 31.0 Å². The lowest BCUT2D eigenvalue weighted by atomic mass is 10.2. The van der Waals surface area contributed by atoms with E-state index in [1.807, 2.05) is 41.1 Å². The fraction of sp³-hybridized carbons (Fsp3) is 0.0714. The van der Waals surface area contributed by atoms with E-state index >= 15 is 0 Å². The standard InChI is InChI=1S/C14H12N4O/c1-15-13(19)11-8-16-14(17-9-11)18-7-6-10-4-2-3-5-12(10)18/h2-9H,1H3,(H,15,19). The number of benzene rings is 1. The predicted octanol–water partition coefficient (Wildman–Crippen LogP) is 1.78. The quantitative estimate of drug-likeness (QED) is 0.756. The van der Waals surface area contributed by atoms with Crippen molar-refractivity contribution in [1.29, 1.82) is 0 Å². The van der Waals surface area contributed by atoms with E-state index in [1.54, 1.807) is 7.05 Å². The Labute approximate surface area is 109 Å². The van der Waals surface area contributed by atoms with Crippen LogP contribution in [0.4, 0.5) is 0 Å². The maximum atomic E-state index is 11.4. The first-order valence-corrected chi connectivity index (χ1v) is 5.90. The van der Waals surface area contributed by atoms with Crippen LogP contribution in [0.5, 0.6) is 0 Å². The van der Waals surface area contributed by atoms with E-state index in [1.165, 1.54) is 12.4 Å². The zero-order valence-corrected chi connectivity index (χ0v) is 10.4. The third-order valence-corrected chi connectivity index (χ3v) is 2.94. The van der Waals surface area contributed by atoms with Crippen LogP contribution in [0.25, 0.3) is 16.9 Å². The number of nitrogens with one attached hydrogen (secondary N) is 1. The molecule has 5 heteroatoms. The molecular formula is C14H12N4O. The molecule has 0 unspecified atom stereocenters. The Hall–Kier alpha value is -2.69. The third-order valence-electron chi connectivity index (χ3n) is 2.94. The largest absolute Gasteiger partial charge is 0.355 e. The summed E-state index contributed by atoms with van der Waals surface area (Å²) in [6.45, 7) is 0. The zero-order valence-electron chi connectivity index (χ0n) is 10.4. The summed E-state index contributed by atoms with van der Waals surface area (Å²) in [5.41, 5.74) is 1.48. The molecule has 0 fully saturated rings. The Kier molecular flexibility index (Phi) is 2.72. The van der Waals surface area contributed by atoms with Gasteiger partial charge in [-0.1, -0.05) is 18.2 Å². The zero-order chi connectivity index (χ0) is 13.2. The van der Waals surface area contributed by atoms with Gasteiger partial charge in [0.1, 0.15) is 0 Å². The smallest absolute Gasteiger partial charge is 0.254 e. The lowest BCUT2D eigenvalue weighted by Gasteiger charge is -2.04. The van der Waals surface area contributed by atoms with Crippen molar-refractivity contribution in [3.63, 3.8) is 0 Å². The van der Waals surface area contributed by atoms with Crippen LogP contribution in [0.2, 0.25) is 0 Å². The number of nitrogens with zero attached hydrogens (tertiary/aromatic N) is 3. The molecule has 2 aromatic heterocycles. The summed E-state index contributed by atoms with van der Waals surface area (Å²) >= 11 is 0. The summed E-state index contributed by atoms with van der Waals surface area (Å²) in [5.74, 6) is 0.359. The minimum absolute atomic E-state index is 0.191. The Morgan fingerprint density at radius 2 is 1.89 bits per heavy atom. The molecule has 0 aliphatic carbocycles. The van der Waals surface area contributed by atoms with Crippen LogP contribution in [0, 0.1) is 0 Å². The molecule has 19 heavy (non-hydrogen) atoms. The van der Waals surface area contributed by atoms with Gasteiger partial charge in [0.05, 0.1) is 11.1 Å². The Bertz CT molecular complexity index is 731. The Morgan fingerprint density at radius 1 is 1.16 bits per heavy atom.